The second kappa shape index (κ2) is 8.47. The van der Waals surface area contributed by atoms with Gasteiger partial charge in [0.2, 0.25) is 0 Å². The number of nitrogens with zero attached hydrogens (tertiary/aromatic N) is 2. The Morgan fingerprint density at radius 2 is 2.30 bits per heavy atom. The smallest absolute Gasteiger partial charge is 0.272 e. The third-order valence-electron chi connectivity index (χ3n) is 2.84. The molecule has 120 valence electrons. The topological polar surface area (TPSA) is 72.8 Å². The van der Waals surface area contributed by atoms with Crippen molar-refractivity contribution in [2.75, 3.05) is 13.7 Å². The van der Waals surface area contributed by atoms with Crippen LogP contribution in [0.5, 0.6) is 11.5 Å². The zero-order valence-corrected chi connectivity index (χ0v) is 14.9. The van der Waals surface area contributed by atoms with E-state index in [1.165, 1.54) is 6.20 Å². The summed E-state index contributed by atoms with van der Waals surface area (Å²) in [6.45, 7) is 2.44. The summed E-state index contributed by atoms with van der Waals surface area (Å²) >= 11 is 2.16. The summed E-state index contributed by atoms with van der Waals surface area (Å²) in [5, 5.41) is 3.96. The first kappa shape index (κ1) is 17.2. The lowest BCUT2D eigenvalue weighted by atomic mass is 10.2. The fraction of sp³-hybridized carbons (Fsp3) is 0.188. The zero-order chi connectivity index (χ0) is 16.7. The molecular weight excluding hydrogens is 409 g/mol. The summed E-state index contributed by atoms with van der Waals surface area (Å²) in [6.07, 6.45) is 4.64. The van der Waals surface area contributed by atoms with Crippen molar-refractivity contribution in [1.29, 1.82) is 0 Å². The lowest BCUT2D eigenvalue weighted by Gasteiger charge is -2.11. The van der Waals surface area contributed by atoms with Crippen molar-refractivity contribution in [2.24, 2.45) is 5.10 Å². The second-order valence-corrected chi connectivity index (χ2v) is 5.57. The largest absolute Gasteiger partial charge is 0.492 e. The number of amides is 1. The van der Waals surface area contributed by atoms with Gasteiger partial charge in [-0.3, -0.25) is 9.78 Å². The van der Waals surface area contributed by atoms with Crippen LogP contribution in [0.2, 0.25) is 0 Å². The summed E-state index contributed by atoms with van der Waals surface area (Å²) in [5.41, 5.74) is 3.71. The molecule has 2 aromatic rings. The van der Waals surface area contributed by atoms with E-state index < -0.39 is 0 Å². The van der Waals surface area contributed by atoms with Crippen LogP contribution >= 0.6 is 22.6 Å². The van der Waals surface area contributed by atoms with Gasteiger partial charge in [0, 0.05) is 12.4 Å². The molecule has 6 nitrogen and oxygen atoms in total. The van der Waals surface area contributed by atoms with Gasteiger partial charge in [0.1, 0.15) is 0 Å². The minimum atomic E-state index is -0.317. The molecule has 0 aliphatic heterocycles. The second-order valence-electron chi connectivity index (χ2n) is 4.41. The molecule has 0 fully saturated rings. The van der Waals surface area contributed by atoms with E-state index in [0.29, 0.717) is 23.7 Å². The molecule has 0 saturated heterocycles. The summed E-state index contributed by atoms with van der Waals surface area (Å²) in [4.78, 5) is 15.8. The van der Waals surface area contributed by atoms with Crippen LogP contribution in [-0.2, 0) is 0 Å². The predicted octanol–water partition coefficient (Wildman–Crippen LogP) is 2.86. The van der Waals surface area contributed by atoms with Gasteiger partial charge in [-0.25, -0.2) is 5.43 Å². The molecule has 0 spiro atoms. The van der Waals surface area contributed by atoms with E-state index in [-0.39, 0.29) is 5.91 Å². The summed E-state index contributed by atoms with van der Waals surface area (Å²) < 4.78 is 11.8. The standard InChI is InChI=1S/C16H16IN3O3/c1-3-23-14-8-11(7-13(17)15(14)22-2)9-19-20-16(21)12-5-4-6-18-10-12/h4-10H,3H2,1-2H3,(H,20,21)/b19-9+. The number of hydrogen-bond donors (Lipinski definition) is 1. The number of carbonyl (C=O) groups is 1. The molecular formula is C16H16IN3O3. The minimum Gasteiger partial charge on any atom is -0.492 e. The van der Waals surface area contributed by atoms with Crippen molar-refractivity contribution in [3.05, 3.63) is 51.4 Å². The maximum atomic E-state index is 11.9. The minimum absolute atomic E-state index is 0.317. The molecule has 1 amide bonds. The number of hydrazone groups is 1. The molecule has 0 saturated carbocycles. The highest BCUT2D eigenvalue weighted by Gasteiger charge is 2.10. The van der Waals surface area contributed by atoms with E-state index >= 15 is 0 Å². The summed E-state index contributed by atoms with van der Waals surface area (Å²) in [7, 11) is 1.60. The van der Waals surface area contributed by atoms with Gasteiger partial charge in [-0.05, 0) is 59.3 Å². The fourth-order valence-electron chi connectivity index (χ4n) is 1.85. The van der Waals surface area contributed by atoms with Crippen LogP contribution in [0.3, 0.4) is 0 Å². The van der Waals surface area contributed by atoms with Crippen LogP contribution in [0.15, 0.2) is 41.8 Å². The molecule has 0 aliphatic rings. The van der Waals surface area contributed by atoms with E-state index in [0.717, 1.165) is 9.13 Å². The first-order valence-electron chi connectivity index (χ1n) is 6.89. The number of methoxy groups -OCH3 is 1. The van der Waals surface area contributed by atoms with Gasteiger partial charge in [-0.1, -0.05) is 0 Å². The molecule has 1 N–H and O–H groups in total. The Morgan fingerprint density at radius 1 is 1.48 bits per heavy atom. The molecule has 1 heterocycles. The van der Waals surface area contributed by atoms with E-state index in [9.17, 15) is 4.79 Å². The molecule has 1 aromatic heterocycles. The van der Waals surface area contributed by atoms with E-state index in [1.807, 2.05) is 19.1 Å². The average molecular weight is 425 g/mol. The molecule has 7 heteroatoms. The summed E-state index contributed by atoms with van der Waals surface area (Å²) in [5.74, 6) is 1.01. The molecule has 0 aliphatic carbocycles. The van der Waals surface area contributed by atoms with Crippen LogP contribution in [0, 0.1) is 3.57 Å². The number of aromatic nitrogens is 1. The van der Waals surface area contributed by atoms with Gasteiger partial charge in [0.05, 0.1) is 29.1 Å². The highest BCUT2D eigenvalue weighted by Crippen LogP contribution is 2.33. The Kier molecular flexibility index (Phi) is 6.33. The monoisotopic (exact) mass is 425 g/mol. The van der Waals surface area contributed by atoms with Gasteiger partial charge in [0.25, 0.3) is 5.91 Å². The Balaban J connectivity index is 2.12. The van der Waals surface area contributed by atoms with E-state index in [2.05, 4.69) is 38.1 Å². The molecule has 0 bridgehead atoms. The van der Waals surface area contributed by atoms with Crippen molar-refractivity contribution in [3.8, 4) is 11.5 Å². The third kappa shape index (κ3) is 4.65. The van der Waals surface area contributed by atoms with Crippen LogP contribution in [0.4, 0.5) is 0 Å². The number of ether oxygens (including phenoxy) is 2. The molecule has 0 unspecified atom stereocenters. The number of nitrogens with one attached hydrogen (secondary N) is 1. The van der Waals surface area contributed by atoms with Gasteiger partial charge in [0.15, 0.2) is 11.5 Å². The first-order chi connectivity index (χ1) is 11.2. The molecule has 0 atom stereocenters. The fourth-order valence-corrected chi connectivity index (χ4v) is 2.70. The van der Waals surface area contributed by atoms with E-state index in [1.54, 1.807) is 31.7 Å². The predicted molar refractivity (Wildman–Crippen MR) is 96.2 cm³/mol. The van der Waals surface area contributed by atoms with Crippen LogP contribution in [0.1, 0.15) is 22.8 Å². The van der Waals surface area contributed by atoms with Crippen LogP contribution < -0.4 is 14.9 Å². The number of benzene rings is 1. The molecule has 23 heavy (non-hydrogen) atoms. The quantitative estimate of drug-likeness (QED) is 0.439. The maximum Gasteiger partial charge on any atom is 0.272 e. The number of hydrogen-bond acceptors (Lipinski definition) is 5. The van der Waals surface area contributed by atoms with Gasteiger partial charge >= 0.3 is 0 Å². The van der Waals surface area contributed by atoms with Gasteiger partial charge < -0.3 is 9.47 Å². The van der Waals surface area contributed by atoms with Crippen molar-refractivity contribution in [2.45, 2.75) is 6.92 Å². The maximum absolute atomic E-state index is 11.9. The lowest BCUT2D eigenvalue weighted by molar-refractivity contribution is 0.0955. The van der Waals surface area contributed by atoms with Gasteiger partial charge in [-0.15, -0.1) is 0 Å². The Bertz CT molecular complexity index is 705. The highest BCUT2D eigenvalue weighted by atomic mass is 127. The number of pyridine rings is 1. The van der Waals surface area contributed by atoms with Crippen LogP contribution in [-0.4, -0.2) is 30.8 Å². The van der Waals surface area contributed by atoms with Crippen molar-refractivity contribution in [1.82, 2.24) is 10.4 Å². The number of halogens is 1. The van der Waals surface area contributed by atoms with Crippen molar-refractivity contribution in [3.63, 3.8) is 0 Å². The normalized spacial score (nSPS) is 10.6. The number of rotatable bonds is 6. The number of carbonyl (C=O) groups excluding carboxylic acids is 1. The average Bonchev–Trinajstić information content (AvgIpc) is 2.56. The van der Waals surface area contributed by atoms with Crippen molar-refractivity contribution < 1.29 is 14.3 Å². The zero-order valence-electron chi connectivity index (χ0n) is 12.7. The third-order valence-corrected chi connectivity index (χ3v) is 3.64. The highest BCUT2D eigenvalue weighted by molar-refractivity contribution is 14.1. The van der Waals surface area contributed by atoms with Gasteiger partial charge in [-0.2, -0.15) is 5.10 Å². The first-order valence-corrected chi connectivity index (χ1v) is 7.97. The lowest BCUT2D eigenvalue weighted by Crippen LogP contribution is -2.17. The molecule has 0 radical (unpaired) electrons. The Labute approximate surface area is 148 Å². The summed E-state index contributed by atoms with van der Waals surface area (Å²) in [6, 6.07) is 7.06. The Morgan fingerprint density at radius 3 is 2.96 bits per heavy atom. The SMILES string of the molecule is CCOc1cc(/C=N/NC(=O)c2cccnc2)cc(I)c1OC. The van der Waals surface area contributed by atoms with Crippen molar-refractivity contribution >= 4 is 34.7 Å². The Hall–Kier alpha value is -2.16. The van der Waals surface area contributed by atoms with E-state index in [4.69, 9.17) is 9.47 Å². The molecule has 2 rings (SSSR count). The molecule has 1 aromatic carbocycles. The van der Waals surface area contributed by atoms with Crippen LogP contribution in [0.25, 0.3) is 0 Å².